The van der Waals surface area contributed by atoms with Gasteiger partial charge in [0.2, 0.25) is 0 Å². The zero-order chi connectivity index (χ0) is 27.7. The molecule has 4 unspecified atom stereocenters. The summed E-state index contributed by atoms with van der Waals surface area (Å²) < 4.78 is 47.2. The molecule has 4 atom stereocenters. The number of hydrogen-bond acceptors (Lipinski definition) is 8. The standard InChI is InChI=1S/C34H40O8/c1-3-31(41-18-27-16-39-27)29(6-23(1)35-12-25-14-37-25)33-8-21-5-22(9-33)11-34(10-21,20-33)30-7-24(36-13-26-15-38-26)2-4-32(30)42-19-28-17-40-28/h1-4,6-7,21-22,25-28H,5,8-20H2. The van der Waals surface area contributed by atoms with Crippen molar-refractivity contribution in [2.75, 3.05) is 52.9 Å². The molecule has 8 aliphatic rings. The lowest BCUT2D eigenvalue weighted by atomic mass is 9.41. The molecule has 8 heteroatoms. The summed E-state index contributed by atoms with van der Waals surface area (Å²) in [4.78, 5) is 0. The lowest BCUT2D eigenvalue weighted by Gasteiger charge is -2.63. The minimum absolute atomic E-state index is 0.0227. The summed E-state index contributed by atoms with van der Waals surface area (Å²) in [6.07, 6.45) is 8.02. The second-order valence-corrected chi connectivity index (χ2v) is 13.9. The van der Waals surface area contributed by atoms with Gasteiger partial charge in [0.1, 0.15) is 73.8 Å². The maximum atomic E-state index is 6.48. The van der Waals surface area contributed by atoms with Crippen molar-refractivity contribution in [3.8, 4) is 23.0 Å². The van der Waals surface area contributed by atoms with Crippen molar-refractivity contribution in [3.05, 3.63) is 47.5 Å². The van der Waals surface area contributed by atoms with Crippen LogP contribution >= 0.6 is 0 Å². The van der Waals surface area contributed by atoms with Crippen LogP contribution in [-0.4, -0.2) is 77.3 Å². The van der Waals surface area contributed by atoms with Crippen molar-refractivity contribution < 1.29 is 37.9 Å². The molecule has 4 aliphatic heterocycles. The normalized spacial score (nSPS) is 38.2. The predicted molar refractivity (Wildman–Crippen MR) is 152 cm³/mol. The largest absolute Gasteiger partial charge is 0.491 e. The zero-order valence-corrected chi connectivity index (χ0v) is 24.1. The summed E-state index contributed by atoms with van der Waals surface area (Å²) in [5.74, 6) is 5.12. The SMILES string of the molecule is c1cc(OCC2CO2)c(C23CC4CC(C2)CC(c2cc(OCC5CO5)ccc2OCC2CO2)(C4)C3)cc1OCC1CO1. The third-order valence-corrected chi connectivity index (χ3v) is 10.4. The van der Waals surface area contributed by atoms with Gasteiger partial charge in [0.25, 0.3) is 0 Å². The Bertz CT molecular complexity index is 1220. The van der Waals surface area contributed by atoms with Gasteiger partial charge < -0.3 is 37.9 Å². The fraction of sp³-hybridized carbons (Fsp3) is 0.647. The van der Waals surface area contributed by atoms with Crippen molar-refractivity contribution in [3.63, 3.8) is 0 Å². The molecule has 0 spiro atoms. The Morgan fingerprint density at radius 1 is 0.548 bits per heavy atom. The van der Waals surface area contributed by atoms with Gasteiger partial charge in [-0.3, -0.25) is 0 Å². The van der Waals surface area contributed by atoms with Gasteiger partial charge in [-0.2, -0.15) is 0 Å². The van der Waals surface area contributed by atoms with Crippen molar-refractivity contribution >= 4 is 0 Å². The summed E-state index contributed by atoms with van der Waals surface area (Å²) in [7, 11) is 0. The van der Waals surface area contributed by atoms with Crippen LogP contribution in [0.5, 0.6) is 23.0 Å². The van der Waals surface area contributed by atoms with Gasteiger partial charge in [-0.1, -0.05) is 0 Å². The van der Waals surface area contributed by atoms with Gasteiger partial charge in [0.15, 0.2) is 0 Å². The van der Waals surface area contributed by atoms with E-state index in [9.17, 15) is 0 Å². The fourth-order valence-corrected chi connectivity index (χ4v) is 8.57. The first-order valence-corrected chi connectivity index (χ1v) is 15.9. The molecule has 4 saturated carbocycles. The molecule has 8 fully saturated rings. The summed E-state index contributed by atoms with van der Waals surface area (Å²) in [6, 6.07) is 12.9. The number of epoxide rings is 4. The van der Waals surface area contributed by atoms with Crippen LogP contribution in [0.3, 0.4) is 0 Å². The van der Waals surface area contributed by atoms with Crippen LogP contribution in [0.15, 0.2) is 36.4 Å². The maximum Gasteiger partial charge on any atom is 0.123 e. The van der Waals surface area contributed by atoms with Gasteiger partial charge in [-0.05, 0) is 86.8 Å². The van der Waals surface area contributed by atoms with Crippen LogP contribution in [0.4, 0.5) is 0 Å². The van der Waals surface area contributed by atoms with E-state index in [1.165, 1.54) is 43.2 Å². The van der Waals surface area contributed by atoms with E-state index in [1.807, 2.05) is 0 Å². The summed E-state index contributed by atoms with van der Waals surface area (Å²) in [6.45, 7) is 5.55. The molecule has 224 valence electrons. The van der Waals surface area contributed by atoms with E-state index < -0.39 is 0 Å². The van der Waals surface area contributed by atoms with Crippen molar-refractivity contribution in [2.24, 2.45) is 11.8 Å². The quantitative estimate of drug-likeness (QED) is 0.302. The highest BCUT2D eigenvalue weighted by atomic mass is 16.6. The molecule has 0 N–H and O–H groups in total. The average molecular weight is 577 g/mol. The summed E-state index contributed by atoms with van der Waals surface area (Å²) in [5, 5.41) is 0. The van der Waals surface area contributed by atoms with E-state index in [-0.39, 0.29) is 35.2 Å². The third-order valence-electron chi connectivity index (χ3n) is 10.4. The van der Waals surface area contributed by atoms with Crippen molar-refractivity contribution in [1.82, 2.24) is 0 Å². The molecule has 4 bridgehead atoms. The molecule has 10 rings (SSSR count). The Balaban J connectivity index is 1.08. The zero-order valence-electron chi connectivity index (χ0n) is 24.1. The van der Waals surface area contributed by atoms with Crippen LogP contribution in [0.2, 0.25) is 0 Å². The highest BCUT2D eigenvalue weighted by molar-refractivity contribution is 5.51. The minimum atomic E-state index is 0.0227. The van der Waals surface area contributed by atoms with Crippen LogP contribution in [0, 0.1) is 11.8 Å². The van der Waals surface area contributed by atoms with E-state index >= 15 is 0 Å². The molecular weight excluding hydrogens is 536 g/mol. The van der Waals surface area contributed by atoms with Crippen LogP contribution in [0.25, 0.3) is 0 Å². The predicted octanol–water partition coefficient (Wildman–Crippen LogP) is 4.59. The summed E-state index contributed by atoms with van der Waals surface area (Å²) in [5.41, 5.74) is 2.66. The number of rotatable bonds is 14. The van der Waals surface area contributed by atoms with E-state index in [2.05, 4.69) is 36.4 Å². The van der Waals surface area contributed by atoms with E-state index in [4.69, 9.17) is 37.9 Å². The molecule has 4 aliphatic carbocycles. The number of ether oxygens (including phenoxy) is 8. The van der Waals surface area contributed by atoms with Gasteiger partial charge in [0.05, 0.1) is 26.4 Å². The first kappa shape index (κ1) is 25.9. The monoisotopic (exact) mass is 576 g/mol. The van der Waals surface area contributed by atoms with Gasteiger partial charge in [0, 0.05) is 22.0 Å². The molecule has 4 heterocycles. The Morgan fingerprint density at radius 2 is 0.929 bits per heavy atom. The topological polar surface area (TPSA) is 87.0 Å². The maximum absolute atomic E-state index is 6.48. The Morgan fingerprint density at radius 3 is 1.31 bits per heavy atom. The molecule has 0 aromatic heterocycles. The van der Waals surface area contributed by atoms with Gasteiger partial charge in [-0.15, -0.1) is 0 Å². The number of benzene rings is 2. The Kier molecular flexibility index (Phi) is 6.18. The van der Waals surface area contributed by atoms with Crippen LogP contribution < -0.4 is 18.9 Å². The van der Waals surface area contributed by atoms with E-state index in [1.54, 1.807) is 0 Å². The molecule has 4 saturated heterocycles. The van der Waals surface area contributed by atoms with Crippen molar-refractivity contribution in [1.29, 1.82) is 0 Å². The van der Waals surface area contributed by atoms with Gasteiger partial charge in [-0.25, -0.2) is 0 Å². The summed E-state index contributed by atoms with van der Waals surface area (Å²) >= 11 is 0. The van der Waals surface area contributed by atoms with E-state index in [0.717, 1.165) is 55.8 Å². The minimum Gasteiger partial charge on any atom is -0.491 e. The molecule has 42 heavy (non-hydrogen) atoms. The highest BCUT2D eigenvalue weighted by Crippen LogP contribution is 2.68. The molecule has 8 nitrogen and oxygen atoms in total. The van der Waals surface area contributed by atoms with Gasteiger partial charge >= 0.3 is 0 Å². The van der Waals surface area contributed by atoms with Crippen LogP contribution in [0.1, 0.15) is 49.7 Å². The van der Waals surface area contributed by atoms with Crippen molar-refractivity contribution in [2.45, 2.75) is 73.8 Å². The third kappa shape index (κ3) is 5.25. The molecule has 0 radical (unpaired) electrons. The highest BCUT2D eigenvalue weighted by Gasteiger charge is 2.60. The van der Waals surface area contributed by atoms with E-state index in [0.29, 0.717) is 38.3 Å². The average Bonchev–Trinajstić information content (AvgIpc) is 3.82. The number of hydrogen-bond donors (Lipinski definition) is 0. The first-order chi connectivity index (χ1) is 20.6. The fourth-order valence-electron chi connectivity index (χ4n) is 8.57. The Labute approximate surface area is 246 Å². The Hall–Kier alpha value is -2.52. The lowest BCUT2D eigenvalue weighted by molar-refractivity contribution is -0.0303. The molecule has 2 aromatic carbocycles. The first-order valence-electron chi connectivity index (χ1n) is 15.9. The second kappa shape index (κ2) is 10.0. The van der Waals surface area contributed by atoms with Crippen LogP contribution in [-0.2, 0) is 29.8 Å². The second-order valence-electron chi connectivity index (χ2n) is 13.9. The smallest absolute Gasteiger partial charge is 0.123 e. The lowest BCUT2D eigenvalue weighted by Crippen LogP contribution is -2.56. The molecular formula is C34H40O8. The molecule has 2 aromatic rings. The molecule has 0 amide bonds.